The zero-order valence-corrected chi connectivity index (χ0v) is 13.8. The molecule has 2 aromatic rings. The molecule has 1 saturated carbocycles. The van der Waals surface area contributed by atoms with Crippen molar-refractivity contribution in [3.05, 3.63) is 35.9 Å². The zero-order valence-electron chi connectivity index (χ0n) is 13.8. The van der Waals surface area contributed by atoms with Crippen LogP contribution in [0.3, 0.4) is 0 Å². The summed E-state index contributed by atoms with van der Waals surface area (Å²) in [5, 5.41) is 22.1. The second-order valence-electron chi connectivity index (χ2n) is 6.83. The Morgan fingerprint density at radius 2 is 2.08 bits per heavy atom. The topological polar surface area (TPSA) is 83.5 Å². The van der Waals surface area contributed by atoms with Gasteiger partial charge >= 0.3 is 0 Å². The Labute approximate surface area is 141 Å². The molecule has 1 saturated heterocycles. The number of hydrogen-bond acceptors (Lipinski definition) is 6. The fourth-order valence-electron chi connectivity index (χ4n) is 3.58. The largest absolute Gasteiger partial charge is 0.293 e. The fourth-order valence-corrected chi connectivity index (χ4v) is 3.58. The summed E-state index contributed by atoms with van der Waals surface area (Å²) >= 11 is 0. The lowest BCUT2D eigenvalue weighted by molar-refractivity contribution is 0.133. The van der Waals surface area contributed by atoms with E-state index in [0.29, 0.717) is 6.04 Å². The molecule has 0 amide bonds. The minimum Gasteiger partial charge on any atom is -0.293 e. The Balaban J connectivity index is 1.49. The van der Waals surface area contributed by atoms with Crippen molar-refractivity contribution in [1.82, 2.24) is 30.1 Å². The lowest BCUT2D eigenvalue weighted by Gasteiger charge is -2.39. The van der Waals surface area contributed by atoms with Crippen LogP contribution in [0, 0.1) is 11.3 Å². The Bertz CT molecular complexity index is 736. The van der Waals surface area contributed by atoms with Gasteiger partial charge in [-0.2, -0.15) is 5.26 Å². The molecule has 2 fully saturated rings. The summed E-state index contributed by atoms with van der Waals surface area (Å²) in [6.07, 6.45) is 5.68. The lowest BCUT2D eigenvalue weighted by Crippen LogP contribution is -2.43. The molecule has 24 heavy (non-hydrogen) atoms. The van der Waals surface area contributed by atoms with Crippen molar-refractivity contribution in [2.75, 3.05) is 13.1 Å². The molecule has 0 spiro atoms. The average Bonchev–Trinajstić information content (AvgIpc) is 3.38. The van der Waals surface area contributed by atoms with E-state index in [-0.39, 0.29) is 6.04 Å². The molecule has 1 unspecified atom stereocenters. The van der Waals surface area contributed by atoms with E-state index in [4.69, 9.17) is 0 Å². The number of hydrogen-bond donors (Lipinski definition) is 0. The third-order valence-electron chi connectivity index (χ3n) is 5.35. The van der Waals surface area contributed by atoms with E-state index >= 15 is 0 Å². The molecule has 1 aliphatic carbocycles. The summed E-state index contributed by atoms with van der Waals surface area (Å²) in [5.74, 6) is 0.944. The Morgan fingerprint density at radius 1 is 1.29 bits per heavy atom. The van der Waals surface area contributed by atoms with E-state index < -0.39 is 5.41 Å². The third kappa shape index (κ3) is 2.57. The highest BCUT2D eigenvalue weighted by Gasteiger charge is 2.40. The molecule has 124 valence electrons. The number of nitriles is 1. The van der Waals surface area contributed by atoms with Gasteiger partial charge < -0.3 is 0 Å². The number of rotatable bonds is 4. The molecule has 0 N–H and O–H groups in total. The summed E-state index contributed by atoms with van der Waals surface area (Å²) in [4.78, 5) is 6.81. The summed E-state index contributed by atoms with van der Waals surface area (Å²) < 4.78 is 1.98. The van der Waals surface area contributed by atoms with Gasteiger partial charge in [0.05, 0.1) is 23.8 Å². The summed E-state index contributed by atoms with van der Waals surface area (Å²) in [7, 11) is 0. The standard InChI is InChI=1S/C17H21N7/c1-13(16-20-21-22-24(16)14-5-6-14)23-10-7-17(12-18,8-11-23)15-4-2-3-9-19-15/h2-4,9,13-14H,5-8,10-11H2,1H3. The molecular formula is C17H21N7. The van der Waals surface area contributed by atoms with Gasteiger partial charge in [-0.1, -0.05) is 6.07 Å². The number of pyridine rings is 1. The van der Waals surface area contributed by atoms with Crippen LogP contribution in [0.4, 0.5) is 0 Å². The van der Waals surface area contributed by atoms with Gasteiger partial charge in [0, 0.05) is 19.3 Å². The number of piperidine rings is 1. The van der Waals surface area contributed by atoms with Crippen molar-refractivity contribution in [3.63, 3.8) is 0 Å². The van der Waals surface area contributed by atoms with Crippen molar-refractivity contribution in [3.8, 4) is 6.07 Å². The minimum atomic E-state index is -0.472. The van der Waals surface area contributed by atoms with Gasteiger partial charge in [-0.15, -0.1) is 5.10 Å². The third-order valence-corrected chi connectivity index (χ3v) is 5.35. The van der Waals surface area contributed by atoms with Gasteiger partial charge in [-0.3, -0.25) is 9.88 Å². The van der Waals surface area contributed by atoms with E-state index in [1.165, 1.54) is 12.8 Å². The molecule has 4 rings (SSSR count). The first-order chi connectivity index (χ1) is 11.7. The van der Waals surface area contributed by atoms with Gasteiger partial charge in [-0.25, -0.2) is 4.68 Å². The molecule has 0 radical (unpaired) electrons. The van der Waals surface area contributed by atoms with Gasteiger partial charge in [-0.05, 0) is 55.2 Å². The Morgan fingerprint density at radius 3 is 2.71 bits per heavy atom. The molecule has 2 aliphatic rings. The van der Waals surface area contributed by atoms with Gasteiger partial charge in [0.25, 0.3) is 0 Å². The number of nitrogens with zero attached hydrogens (tertiary/aromatic N) is 7. The highest BCUT2D eigenvalue weighted by Crippen LogP contribution is 2.39. The SMILES string of the molecule is CC(c1nnnn1C1CC1)N1CCC(C#N)(c2ccccn2)CC1. The molecule has 1 atom stereocenters. The summed E-state index contributed by atoms with van der Waals surface area (Å²) in [6, 6.07) is 9.00. The normalized spacial score (nSPS) is 22.0. The number of aromatic nitrogens is 5. The Hall–Kier alpha value is -2.33. The van der Waals surface area contributed by atoms with Gasteiger partial charge in [0.1, 0.15) is 5.41 Å². The van der Waals surface area contributed by atoms with E-state index in [1.807, 2.05) is 22.9 Å². The predicted octanol–water partition coefficient (Wildman–Crippen LogP) is 2.02. The second-order valence-corrected chi connectivity index (χ2v) is 6.83. The molecule has 0 aromatic carbocycles. The van der Waals surface area contributed by atoms with E-state index in [2.05, 4.69) is 38.4 Å². The van der Waals surface area contributed by atoms with Crippen LogP contribution in [-0.4, -0.2) is 43.2 Å². The van der Waals surface area contributed by atoms with Crippen molar-refractivity contribution in [2.24, 2.45) is 0 Å². The van der Waals surface area contributed by atoms with Crippen LogP contribution in [0.5, 0.6) is 0 Å². The van der Waals surface area contributed by atoms with Gasteiger partial charge in [0.15, 0.2) is 5.82 Å². The maximum absolute atomic E-state index is 9.78. The molecular weight excluding hydrogens is 302 g/mol. The fraction of sp³-hybridized carbons (Fsp3) is 0.588. The first-order valence-electron chi connectivity index (χ1n) is 8.58. The van der Waals surface area contributed by atoms with Crippen LogP contribution in [0.1, 0.15) is 56.2 Å². The van der Waals surface area contributed by atoms with Crippen LogP contribution in [0.2, 0.25) is 0 Å². The maximum Gasteiger partial charge on any atom is 0.168 e. The number of tetrazole rings is 1. The first-order valence-corrected chi connectivity index (χ1v) is 8.58. The van der Waals surface area contributed by atoms with E-state index in [1.54, 1.807) is 6.20 Å². The predicted molar refractivity (Wildman–Crippen MR) is 86.8 cm³/mol. The molecule has 7 nitrogen and oxygen atoms in total. The molecule has 7 heteroatoms. The van der Waals surface area contributed by atoms with Gasteiger partial charge in [0.2, 0.25) is 0 Å². The van der Waals surface area contributed by atoms with Crippen molar-refractivity contribution < 1.29 is 0 Å². The van der Waals surface area contributed by atoms with Crippen molar-refractivity contribution in [2.45, 2.75) is 50.1 Å². The summed E-state index contributed by atoms with van der Waals surface area (Å²) in [6.45, 7) is 3.86. The Kier molecular flexibility index (Phi) is 3.77. The average molecular weight is 323 g/mol. The van der Waals surface area contributed by atoms with Crippen LogP contribution >= 0.6 is 0 Å². The van der Waals surface area contributed by atoms with Crippen molar-refractivity contribution >= 4 is 0 Å². The number of likely N-dealkylation sites (tertiary alicyclic amines) is 1. The highest BCUT2D eigenvalue weighted by atomic mass is 15.6. The minimum absolute atomic E-state index is 0.168. The van der Waals surface area contributed by atoms with E-state index in [0.717, 1.165) is 37.4 Å². The van der Waals surface area contributed by atoms with Crippen LogP contribution in [0.25, 0.3) is 0 Å². The second kappa shape index (κ2) is 5.95. The molecule has 3 heterocycles. The zero-order chi connectivity index (χ0) is 16.6. The summed E-state index contributed by atoms with van der Waals surface area (Å²) in [5.41, 5.74) is 0.419. The lowest BCUT2D eigenvalue weighted by atomic mass is 9.76. The monoisotopic (exact) mass is 323 g/mol. The quantitative estimate of drug-likeness (QED) is 0.856. The van der Waals surface area contributed by atoms with E-state index in [9.17, 15) is 5.26 Å². The van der Waals surface area contributed by atoms with Crippen molar-refractivity contribution in [1.29, 1.82) is 5.26 Å². The maximum atomic E-state index is 9.78. The van der Waals surface area contributed by atoms with Crippen LogP contribution < -0.4 is 0 Å². The molecule has 2 aromatic heterocycles. The smallest absolute Gasteiger partial charge is 0.168 e. The van der Waals surface area contributed by atoms with Crippen LogP contribution in [0.15, 0.2) is 24.4 Å². The van der Waals surface area contributed by atoms with Crippen LogP contribution in [-0.2, 0) is 5.41 Å². The molecule has 0 bridgehead atoms. The highest BCUT2D eigenvalue weighted by molar-refractivity contribution is 5.27. The molecule has 1 aliphatic heterocycles. The first kappa shape index (κ1) is 15.2.